The van der Waals surface area contributed by atoms with Crippen LogP contribution in [0.2, 0.25) is 0 Å². The number of hydrogen-bond acceptors (Lipinski definition) is 2. The van der Waals surface area contributed by atoms with Gasteiger partial charge in [0.1, 0.15) is 5.75 Å². The van der Waals surface area contributed by atoms with E-state index in [1.54, 1.807) is 7.11 Å². The Balaban J connectivity index is 2.74. The minimum absolute atomic E-state index is 0.651. The van der Waals surface area contributed by atoms with Crippen LogP contribution in [0.5, 0.6) is 5.75 Å². The zero-order chi connectivity index (χ0) is 11.3. The summed E-state index contributed by atoms with van der Waals surface area (Å²) in [5.41, 5.74) is 1.21. The maximum absolute atomic E-state index is 5.68. The highest BCUT2D eigenvalue weighted by atomic mass is 79.9. The number of nitrogens with zero attached hydrogens (tertiary/aromatic N) is 1. The quantitative estimate of drug-likeness (QED) is 0.773. The van der Waals surface area contributed by atoms with Crippen molar-refractivity contribution in [3.63, 3.8) is 0 Å². The van der Waals surface area contributed by atoms with E-state index in [2.05, 4.69) is 20.8 Å². The summed E-state index contributed by atoms with van der Waals surface area (Å²) in [4.78, 5) is 2.17. The summed E-state index contributed by atoms with van der Waals surface area (Å²) < 4.78 is 6.29. The zero-order valence-electron chi connectivity index (χ0n) is 8.96. The Morgan fingerprint density at radius 1 is 1.47 bits per heavy atom. The molecule has 0 aliphatic carbocycles. The van der Waals surface area contributed by atoms with E-state index in [0.29, 0.717) is 5.88 Å². The highest BCUT2D eigenvalue weighted by Gasteiger charge is 2.05. The summed E-state index contributed by atoms with van der Waals surface area (Å²) in [5, 5.41) is 0. The van der Waals surface area contributed by atoms with Gasteiger partial charge in [0.05, 0.1) is 7.11 Å². The fourth-order valence-electron chi connectivity index (χ4n) is 1.31. The van der Waals surface area contributed by atoms with Crippen LogP contribution < -0.4 is 4.74 Å². The lowest BCUT2D eigenvalue weighted by Gasteiger charge is -2.16. The summed E-state index contributed by atoms with van der Waals surface area (Å²) in [6.07, 6.45) is 0. The lowest BCUT2D eigenvalue weighted by atomic mass is 10.2. The van der Waals surface area contributed by atoms with Gasteiger partial charge in [-0.25, -0.2) is 0 Å². The van der Waals surface area contributed by atoms with Crippen molar-refractivity contribution in [2.24, 2.45) is 0 Å². The van der Waals surface area contributed by atoms with Gasteiger partial charge in [-0.15, -0.1) is 11.6 Å². The van der Waals surface area contributed by atoms with Crippen LogP contribution >= 0.6 is 27.5 Å². The second kappa shape index (κ2) is 6.36. The average molecular weight is 293 g/mol. The van der Waals surface area contributed by atoms with Gasteiger partial charge in [0.25, 0.3) is 0 Å². The molecule has 1 aromatic rings. The monoisotopic (exact) mass is 291 g/mol. The van der Waals surface area contributed by atoms with Crippen LogP contribution in [-0.2, 0) is 6.54 Å². The largest absolute Gasteiger partial charge is 0.497 e. The molecule has 0 radical (unpaired) electrons. The van der Waals surface area contributed by atoms with E-state index in [1.807, 2.05) is 25.2 Å². The first-order valence-electron chi connectivity index (χ1n) is 4.74. The molecule has 0 amide bonds. The van der Waals surface area contributed by atoms with Crippen LogP contribution in [-0.4, -0.2) is 31.5 Å². The maximum atomic E-state index is 5.68. The fraction of sp³-hybridized carbons (Fsp3) is 0.455. The van der Waals surface area contributed by atoms with Gasteiger partial charge >= 0.3 is 0 Å². The zero-order valence-corrected chi connectivity index (χ0v) is 11.3. The molecule has 0 N–H and O–H groups in total. The van der Waals surface area contributed by atoms with Gasteiger partial charge in [-0.2, -0.15) is 0 Å². The van der Waals surface area contributed by atoms with Crippen molar-refractivity contribution in [2.45, 2.75) is 6.54 Å². The van der Waals surface area contributed by atoms with Crippen LogP contribution in [0.3, 0.4) is 0 Å². The molecule has 0 saturated carbocycles. The molecule has 4 heteroatoms. The SMILES string of the molecule is COc1ccc(Br)c(CN(C)CCCl)c1. The van der Waals surface area contributed by atoms with Crippen LogP contribution in [0, 0.1) is 0 Å². The van der Waals surface area contributed by atoms with Gasteiger partial charge in [0.2, 0.25) is 0 Å². The Labute approximate surface area is 104 Å². The van der Waals surface area contributed by atoms with Crippen molar-refractivity contribution in [3.05, 3.63) is 28.2 Å². The number of benzene rings is 1. The first kappa shape index (κ1) is 12.8. The number of alkyl halides is 1. The molecule has 15 heavy (non-hydrogen) atoms. The van der Waals surface area contributed by atoms with Crippen molar-refractivity contribution < 1.29 is 4.74 Å². The molecule has 0 saturated heterocycles. The van der Waals surface area contributed by atoms with Gasteiger partial charge in [0, 0.05) is 23.4 Å². The first-order valence-corrected chi connectivity index (χ1v) is 6.07. The molecule has 0 aliphatic heterocycles. The molecule has 2 nitrogen and oxygen atoms in total. The maximum Gasteiger partial charge on any atom is 0.119 e. The third-order valence-electron chi connectivity index (χ3n) is 2.16. The standard InChI is InChI=1S/C11H15BrClNO/c1-14(6-5-13)8-9-7-10(15-2)3-4-11(9)12/h3-4,7H,5-6,8H2,1-2H3. The second-order valence-electron chi connectivity index (χ2n) is 3.38. The van der Waals surface area contributed by atoms with Gasteiger partial charge in [-0.1, -0.05) is 15.9 Å². The van der Waals surface area contributed by atoms with Gasteiger partial charge < -0.3 is 9.64 Å². The summed E-state index contributed by atoms with van der Waals surface area (Å²) in [7, 11) is 3.73. The first-order chi connectivity index (χ1) is 7.17. The Morgan fingerprint density at radius 2 is 2.20 bits per heavy atom. The van der Waals surface area contributed by atoms with Crippen LogP contribution in [0.4, 0.5) is 0 Å². The van der Waals surface area contributed by atoms with E-state index in [9.17, 15) is 0 Å². The van der Waals surface area contributed by atoms with Crippen molar-refractivity contribution in [1.82, 2.24) is 4.90 Å². The predicted octanol–water partition coefficient (Wildman–Crippen LogP) is 3.13. The third kappa shape index (κ3) is 4.01. The number of halogens is 2. The molecule has 1 aromatic carbocycles. The van der Waals surface area contributed by atoms with E-state index in [1.165, 1.54) is 5.56 Å². The number of rotatable bonds is 5. The molecule has 0 spiro atoms. The average Bonchev–Trinajstić information content (AvgIpc) is 2.21. The normalized spacial score (nSPS) is 10.7. The van der Waals surface area contributed by atoms with Crippen molar-refractivity contribution >= 4 is 27.5 Å². The molecule has 84 valence electrons. The van der Waals surface area contributed by atoms with Crippen molar-refractivity contribution in [1.29, 1.82) is 0 Å². The molecular formula is C11H15BrClNO. The summed E-state index contributed by atoms with van der Waals surface area (Å²) >= 11 is 9.21. The Bertz CT molecular complexity index is 319. The minimum atomic E-state index is 0.651. The number of ether oxygens (including phenoxy) is 1. The van der Waals surface area contributed by atoms with Crippen molar-refractivity contribution in [2.75, 3.05) is 26.6 Å². The van der Waals surface area contributed by atoms with Crippen LogP contribution in [0.15, 0.2) is 22.7 Å². The van der Waals surface area contributed by atoms with Crippen molar-refractivity contribution in [3.8, 4) is 5.75 Å². The van der Waals surface area contributed by atoms with E-state index in [-0.39, 0.29) is 0 Å². The summed E-state index contributed by atoms with van der Waals surface area (Å²) in [5.74, 6) is 1.53. The topological polar surface area (TPSA) is 12.5 Å². The Morgan fingerprint density at radius 3 is 2.80 bits per heavy atom. The second-order valence-corrected chi connectivity index (χ2v) is 4.62. The van der Waals surface area contributed by atoms with E-state index in [4.69, 9.17) is 16.3 Å². The van der Waals surface area contributed by atoms with E-state index >= 15 is 0 Å². The van der Waals surface area contributed by atoms with Gasteiger partial charge in [0.15, 0.2) is 0 Å². The lowest BCUT2D eigenvalue weighted by Crippen LogP contribution is -2.20. The minimum Gasteiger partial charge on any atom is -0.497 e. The highest BCUT2D eigenvalue weighted by Crippen LogP contribution is 2.23. The molecular weight excluding hydrogens is 277 g/mol. The summed E-state index contributed by atoms with van der Waals surface area (Å²) in [6, 6.07) is 5.98. The predicted molar refractivity (Wildman–Crippen MR) is 67.7 cm³/mol. The smallest absolute Gasteiger partial charge is 0.119 e. The molecule has 0 atom stereocenters. The van der Waals surface area contributed by atoms with Gasteiger partial charge in [-0.05, 0) is 30.8 Å². The third-order valence-corrected chi connectivity index (χ3v) is 3.10. The Kier molecular flexibility index (Phi) is 5.43. The Hall–Kier alpha value is -0.250. The number of hydrogen-bond donors (Lipinski definition) is 0. The van der Waals surface area contributed by atoms with Crippen LogP contribution in [0.25, 0.3) is 0 Å². The highest BCUT2D eigenvalue weighted by molar-refractivity contribution is 9.10. The summed E-state index contributed by atoms with van der Waals surface area (Å²) in [6.45, 7) is 1.75. The molecule has 0 bridgehead atoms. The lowest BCUT2D eigenvalue weighted by molar-refractivity contribution is 0.345. The van der Waals surface area contributed by atoms with Crippen LogP contribution in [0.1, 0.15) is 5.56 Å². The molecule has 0 fully saturated rings. The fourth-order valence-corrected chi connectivity index (χ4v) is 1.97. The van der Waals surface area contributed by atoms with Gasteiger partial charge in [-0.3, -0.25) is 0 Å². The van der Waals surface area contributed by atoms with E-state index in [0.717, 1.165) is 23.3 Å². The van der Waals surface area contributed by atoms with E-state index < -0.39 is 0 Å². The molecule has 0 aromatic heterocycles. The molecule has 0 unspecified atom stereocenters. The molecule has 0 aliphatic rings. The number of methoxy groups -OCH3 is 1. The molecule has 1 rings (SSSR count). The molecule has 0 heterocycles.